The summed E-state index contributed by atoms with van der Waals surface area (Å²) in [5.74, 6) is 0.607. The number of ether oxygens (including phenoxy) is 1. The zero-order valence-electron chi connectivity index (χ0n) is 18.2. The average molecular weight is 549 g/mol. The molecule has 1 aromatic heterocycles. The minimum Gasteiger partial charge on any atom is -0.379 e. The van der Waals surface area contributed by atoms with Gasteiger partial charge in [-0.3, -0.25) is 9.69 Å². The van der Waals surface area contributed by atoms with Gasteiger partial charge in [-0.2, -0.15) is 0 Å². The Morgan fingerprint density at radius 1 is 1.35 bits per heavy atom. The standard InChI is InChI=1S/C20H32FN7O2.HI/c1-26(2)18(29)14-24-20(23-7-9-27-10-12-30-13-11-27)25-16-5-8-28(15-16)19-17(21)4-3-6-22-19;/h3-4,6,16H,5,7-15H2,1-2H3,(H2,23,24,25);1H. The van der Waals surface area contributed by atoms with Crippen molar-refractivity contribution in [3.05, 3.63) is 24.1 Å². The lowest BCUT2D eigenvalue weighted by Crippen LogP contribution is -2.48. The maximum Gasteiger partial charge on any atom is 0.243 e. The Morgan fingerprint density at radius 2 is 2.13 bits per heavy atom. The first-order valence-corrected chi connectivity index (χ1v) is 10.4. The summed E-state index contributed by atoms with van der Waals surface area (Å²) in [5, 5.41) is 6.73. The summed E-state index contributed by atoms with van der Waals surface area (Å²) in [6, 6.07) is 3.11. The summed E-state index contributed by atoms with van der Waals surface area (Å²) in [7, 11) is 3.43. The number of carbonyl (C=O) groups is 1. The van der Waals surface area contributed by atoms with E-state index in [1.807, 2.05) is 4.90 Å². The van der Waals surface area contributed by atoms with E-state index in [0.29, 0.717) is 31.4 Å². The number of likely N-dealkylation sites (N-methyl/N-ethyl adjacent to an activating group) is 1. The van der Waals surface area contributed by atoms with Crippen LogP contribution in [0.2, 0.25) is 0 Å². The maximum absolute atomic E-state index is 14.0. The molecule has 0 saturated carbocycles. The number of carbonyl (C=O) groups excluding carboxylic acids is 1. The van der Waals surface area contributed by atoms with Gasteiger partial charge in [0.2, 0.25) is 5.91 Å². The van der Waals surface area contributed by atoms with Crippen molar-refractivity contribution in [2.75, 3.05) is 78.0 Å². The molecule has 1 atom stereocenters. The van der Waals surface area contributed by atoms with Gasteiger partial charge in [0.15, 0.2) is 17.6 Å². The minimum absolute atomic E-state index is 0. The molecule has 1 amide bonds. The number of rotatable bonds is 7. The van der Waals surface area contributed by atoms with Crippen molar-refractivity contribution >= 4 is 41.7 Å². The molecule has 2 aliphatic heterocycles. The number of anilines is 1. The molecule has 174 valence electrons. The highest BCUT2D eigenvalue weighted by Gasteiger charge is 2.26. The van der Waals surface area contributed by atoms with Gasteiger partial charge in [-0.25, -0.2) is 14.4 Å². The molecular weight excluding hydrogens is 516 g/mol. The summed E-state index contributed by atoms with van der Waals surface area (Å²) >= 11 is 0. The largest absolute Gasteiger partial charge is 0.379 e. The third kappa shape index (κ3) is 8.04. The number of aliphatic imine (C=N–C) groups is 1. The lowest BCUT2D eigenvalue weighted by molar-refractivity contribution is -0.127. The number of hydrogen-bond acceptors (Lipinski definition) is 6. The molecule has 3 heterocycles. The van der Waals surface area contributed by atoms with Gasteiger partial charge in [-0.05, 0) is 18.6 Å². The molecule has 1 aromatic rings. The van der Waals surface area contributed by atoms with Gasteiger partial charge in [0.25, 0.3) is 0 Å². The Kier molecular flexibility index (Phi) is 10.7. The van der Waals surface area contributed by atoms with Crippen LogP contribution in [0.25, 0.3) is 0 Å². The number of hydrogen-bond donors (Lipinski definition) is 2. The fourth-order valence-corrected chi connectivity index (χ4v) is 3.47. The summed E-state index contributed by atoms with van der Waals surface area (Å²) in [4.78, 5) is 26.4. The molecule has 0 spiro atoms. The average Bonchev–Trinajstić information content (AvgIpc) is 3.21. The quantitative estimate of drug-likeness (QED) is 0.289. The van der Waals surface area contributed by atoms with Crippen molar-refractivity contribution < 1.29 is 13.9 Å². The molecule has 0 radical (unpaired) electrons. The number of morpholine rings is 1. The highest BCUT2D eigenvalue weighted by Crippen LogP contribution is 2.20. The number of amides is 1. The Bertz CT molecular complexity index is 731. The number of nitrogens with zero attached hydrogens (tertiary/aromatic N) is 5. The molecule has 31 heavy (non-hydrogen) atoms. The van der Waals surface area contributed by atoms with Gasteiger partial charge >= 0.3 is 0 Å². The number of aromatic nitrogens is 1. The van der Waals surface area contributed by atoms with Crippen LogP contribution >= 0.6 is 24.0 Å². The van der Waals surface area contributed by atoms with Crippen molar-refractivity contribution in [2.45, 2.75) is 12.5 Å². The van der Waals surface area contributed by atoms with E-state index >= 15 is 0 Å². The third-order valence-corrected chi connectivity index (χ3v) is 5.26. The second-order valence-corrected chi connectivity index (χ2v) is 7.72. The lowest BCUT2D eigenvalue weighted by atomic mass is 10.3. The van der Waals surface area contributed by atoms with E-state index in [9.17, 15) is 9.18 Å². The molecule has 3 rings (SSSR count). The summed E-state index contributed by atoms with van der Waals surface area (Å²) in [6.07, 6.45) is 2.44. The first-order valence-electron chi connectivity index (χ1n) is 10.4. The lowest BCUT2D eigenvalue weighted by Gasteiger charge is -2.27. The van der Waals surface area contributed by atoms with Crippen molar-refractivity contribution in [3.63, 3.8) is 0 Å². The Morgan fingerprint density at radius 3 is 2.84 bits per heavy atom. The topological polar surface area (TPSA) is 85.3 Å². The molecular formula is C20H33FIN7O2. The Labute approximate surface area is 200 Å². The zero-order valence-corrected chi connectivity index (χ0v) is 20.5. The molecule has 11 heteroatoms. The van der Waals surface area contributed by atoms with E-state index in [0.717, 1.165) is 39.3 Å². The van der Waals surface area contributed by atoms with Crippen LogP contribution in [0.15, 0.2) is 23.3 Å². The zero-order chi connectivity index (χ0) is 21.3. The predicted octanol–water partition coefficient (Wildman–Crippen LogP) is 0.373. The van der Waals surface area contributed by atoms with E-state index in [4.69, 9.17) is 4.74 Å². The molecule has 2 saturated heterocycles. The van der Waals surface area contributed by atoms with Gasteiger partial charge in [0.05, 0.1) is 13.2 Å². The van der Waals surface area contributed by atoms with Gasteiger partial charge in [0, 0.05) is 65.6 Å². The van der Waals surface area contributed by atoms with Crippen molar-refractivity contribution in [1.82, 2.24) is 25.4 Å². The van der Waals surface area contributed by atoms with Crippen LogP contribution in [0.3, 0.4) is 0 Å². The highest BCUT2D eigenvalue weighted by molar-refractivity contribution is 14.0. The highest BCUT2D eigenvalue weighted by atomic mass is 127. The van der Waals surface area contributed by atoms with Crippen molar-refractivity contribution in [2.24, 2.45) is 4.99 Å². The summed E-state index contributed by atoms with van der Waals surface area (Å²) in [6.45, 7) is 6.38. The minimum atomic E-state index is -0.313. The van der Waals surface area contributed by atoms with Crippen LogP contribution < -0.4 is 15.5 Å². The fourth-order valence-electron chi connectivity index (χ4n) is 3.47. The summed E-state index contributed by atoms with van der Waals surface area (Å²) < 4.78 is 19.4. The number of halogens is 2. The van der Waals surface area contributed by atoms with Crippen LogP contribution in [0, 0.1) is 5.82 Å². The van der Waals surface area contributed by atoms with Gasteiger partial charge in [-0.1, -0.05) is 0 Å². The van der Waals surface area contributed by atoms with Crippen LogP contribution in [0.5, 0.6) is 0 Å². The molecule has 0 aliphatic carbocycles. The molecule has 2 aliphatic rings. The van der Waals surface area contributed by atoms with Gasteiger partial charge in [0.1, 0.15) is 6.54 Å². The van der Waals surface area contributed by atoms with Crippen LogP contribution in [0.1, 0.15) is 6.42 Å². The first kappa shape index (κ1) is 25.5. The second kappa shape index (κ2) is 13.0. The Hall–Kier alpha value is -1.73. The van der Waals surface area contributed by atoms with Crippen molar-refractivity contribution in [1.29, 1.82) is 0 Å². The van der Waals surface area contributed by atoms with Crippen LogP contribution in [0.4, 0.5) is 10.2 Å². The smallest absolute Gasteiger partial charge is 0.243 e. The fraction of sp³-hybridized carbons (Fsp3) is 0.650. The first-order chi connectivity index (χ1) is 14.5. The predicted molar refractivity (Wildman–Crippen MR) is 130 cm³/mol. The normalized spacial score (nSPS) is 19.6. The number of pyridine rings is 1. The van der Waals surface area contributed by atoms with E-state index in [2.05, 4.69) is 25.5 Å². The van der Waals surface area contributed by atoms with Crippen LogP contribution in [-0.4, -0.2) is 106 Å². The number of nitrogens with one attached hydrogen (secondary N) is 2. The van der Waals surface area contributed by atoms with E-state index in [1.54, 1.807) is 26.4 Å². The van der Waals surface area contributed by atoms with Crippen LogP contribution in [-0.2, 0) is 9.53 Å². The number of guanidine groups is 1. The third-order valence-electron chi connectivity index (χ3n) is 5.26. The molecule has 2 N–H and O–H groups in total. The van der Waals surface area contributed by atoms with Gasteiger partial charge < -0.3 is 25.2 Å². The molecule has 1 unspecified atom stereocenters. The SMILES string of the molecule is CN(C)C(=O)CN=C(NCCN1CCOCC1)NC1CCN(c2ncccc2F)C1.I. The van der Waals surface area contributed by atoms with E-state index < -0.39 is 0 Å². The molecule has 2 fully saturated rings. The van der Waals surface area contributed by atoms with E-state index in [-0.39, 0.29) is 48.3 Å². The molecule has 0 aromatic carbocycles. The molecule has 0 bridgehead atoms. The second-order valence-electron chi connectivity index (χ2n) is 7.72. The van der Waals surface area contributed by atoms with Crippen molar-refractivity contribution in [3.8, 4) is 0 Å². The van der Waals surface area contributed by atoms with E-state index in [1.165, 1.54) is 11.0 Å². The summed E-state index contributed by atoms with van der Waals surface area (Å²) in [5.41, 5.74) is 0. The monoisotopic (exact) mass is 549 g/mol. The van der Waals surface area contributed by atoms with Gasteiger partial charge in [-0.15, -0.1) is 24.0 Å². The molecule has 9 nitrogen and oxygen atoms in total. The maximum atomic E-state index is 14.0. The Balaban J connectivity index is 0.00000341.